The zero-order valence-electron chi connectivity index (χ0n) is 19.4. The van der Waals surface area contributed by atoms with Gasteiger partial charge in [-0.05, 0) is 87.8 Å². The molecule has 0 unspecified atom stereocenters. The second-order valence-electron chi connectivity index (χ2n) is 8.94. The Morgan fingerprint density at radius 1 is 0.514 bits per heavy atom. The SMILES string of the molecule is Cc1ccccc1-c1cc(-c2cccc(-c3ccc4c(c3)C=Cc3ccccc3N4)c2)ccc1F. The van der Waals surface area contributed by atoms with E-state index >= 15 is 0 Å². The Bertz CT molecular complexity index is 1600. The molecule has 0 atom stereocenters. The van der Waals surface area contributed by atoms with E-state index in [0.29, 0.717) is 5.56 Å². The molecule has 0 spiro atoms. The summed E-state index contributed by atoms with van der Waals surface area (Å²) in [6.07, 6.45) is 4.32. The van der Waals surface area contributed by atoms with Crippen LogP contribution >= 0.6 is 0 Å². The van der Waals surface area contributed by atoms with Gasteiger partial charge in [-0.2, -0.15) is 0 Å². The number of halogens is 1. The minimum Gasteiger partial charge on any atom is -0.355 e. The molecule has 35 heavy (non-hydrogen) atoms. The van der Waals surface area contributed by atoms with Gasteiger partial charge in [-0.3, -0.25) is 0 Å². The first kappa shape index (κ1) is 21.1. The summed E-state index contributed by atoms with van der Waals surface area (Å²) in [7, 11) is 0. The number of rotatable bonds is 3. The summed E-state index contributed by atoms with van der Waals surface area (Å²) in [4.78, 5) is 0. The average molecular weight is 454 g/mol. The normalized spacial score (nSPS) is 11.8. The second-order valence-corrected chi connectivity index (χ2v) is 8.94. The minimum absolute atomic E-state index is 0.203. The average Bonchev–Trinajstić information content (AvgIpc) is 3.08. The van der Waals surface area contributed by atoms with Crippen LogP contribution in [0.3, 0.4) is 0 Å². The summed E-state index contributed by atoms with van der Waals surface area (Å²) in [5.41, 5.74) is 11.5. The van der Waals surface area contributed by atoms with Crippen molar-refractivity contribution in [2.75, 3.05) is 5.32 Å². The number of nitrogens with one attached hydrogen (secondary N) is 1. The van der Waals surface area contributed by atoms with E-state index < -0.39 is 0 Å². The van der Waals surface area contributed by atoms with Gasteiger partial charge >= 0.3 is 0 Å². The molecule has 168 valence electrons. The van der Waals surface area contributed by atoms with Crippen LogP contribution in [0.5, 0.6) is 0 Å². The molecule has 0 bridgehead atoms. The van der Waals surface area contributed by atoms with Crippen LogP contribution in [0.4, 0.5) is 15.8 Å². The Balaban J connectivity index is 1.38. The zero-order valence-corrected chi connectivity index (χ0v) is 19.4. The maximum atomic E-state index is 14.8. The summed E-state index contributed by atoms with van der Waals surface area (Å²) in [6, 6.07) is 36.6. The molecule has 1 heterocycles. The quantitative estimate of drug-likeness (QED) is 0.281. The Hall–Kier alpha value is -4.43. The van der Waals surface area contributed by atoms with Crippen molar-refractivity contribution in [1.29, 1.82) is 0 Å². The van der Waals surface area contributed by atoms with Crippen LogP contribution in [0, 0.1) is 12.7 Å². The molecule has 1 N–H and O–H groups in total. The van der Waals surface area contributed by atoms with Crippen LogP contribution in [-0.2, 0) is 0 Å². The van der Waals surface area contributed by atoms with Crippen molar-refractivity contribution in [3.8, 4) is 33.4 Å². The highest BCUT2D eigenvalue weighted by Gasteiger charge is 2.12. The highest BCUT2D eigenvalue weighted by molar-refractivity contribution is 5.89. The van der Waals surface area contributed by atoms with Crippen molar-refractivity contribution in [3.63, 3.8) is 0 Å². The van der Waals surface area contributed by atoms with Crippen LogP contribution in [0.25, 0.3) is 45.5 Å². The van der Waals surface area contributed by atoms with Gasteiger partial charge in [0.05, 0.1) is 0 Å². The van der Waals surface area contributed by atoms with E-state index in [9.17, 15) is 4.39 Å². The molecule has 0 fully saturated rings. The van der Waals surface area contributed by atoms with E-state index in [0.717, 1.165) is 50.3 Å². The predicted octanol–water partition coefficient (Wildman–Crippen LogP) is 9.36. The third-order valence-corrected chi connectivity index (χ3v) is 6.65. The van der Waals surface area contributed by atoms with E-state index in [2.05, 4.69) is 78.1 Å². The predicted molar refractivity (Wildman–Crippen MR) is 146 cm³/mol. The van der Waals surface area contributed by atoms with Crippen molar-refractivity contribution < 1.29 is 4.39 Å². The lowest BCUT2D eigenvalue weighted by Crippen LogP contribution is -1.93. The lowest BCUT2D eigenvalue weighted by molar-refractivity contribution is 0.631. The first-order valence-electron chi connectivity index (χ1n) is 11.8. The van der Waals surface area contributed by atoms with Gasteiger partial charge in [-0.25, -0.2) is 4.39 Å². The molecular formula is C33H24FN. The Morgan fingerprint density at radius 3 is 2.03 bits per heavy atom. The summed E-state index contributed by atoms with van der Waals surface area (Å²) in [5.74, 6) is -0.203. The molecule has 0 saturated heterocycles. The zero-order chi connectivity index (χ0) is 23.8. The van der Waals surface area contributed by atoms with Crippen LogP contribution in [-0.4, -0.2) is 0 Å². The van der Waals surface area contributed by atoms with E-state index in [-0.39, 0.29) is 5.82 Å². The number of para-hydroxylation sites is 1. The molecule has 0 amide bonds. The third-order valence-electron chi connectivity index (χ3n) is 6.65. The molecule has 6 rings (SSSR count). The van der Waals surface area contributed by atoms with Crippen LogP contribution < -0.4 is 5.32 Å². The summed E-state index contributed by atoms with van der Waals surface area (Å²) in [5, 5.41) is 3.55. The topological polar surface area (TPSA) is 12.0 Å². The van der Waals surface area contributed by atoms with Crippen LogP contribution in [0.2, 0.25) is 0 Å². The number of benzene rings is 5. The fraction of sp³-hybridized carbons (Fsp3) is 0.0303. The molecule has 0 aromatic heterocycles. The van der Waals surface area contributed by atoms with Crippen molar-refractivity contribution in [3.05, 3.63) is 132 Å². The summed E-state index contributed by atoms with van der Waals surface area (Å²) in [6.45, 7) is 2.02. The summed E-state index contributed by atoms with van der Waals surface area (Å²) >= 11 is 0. The Morgan fingerprint density at radius 2 is 1.17 bits per heavy atom. The van der Waals surface area contributed by atoms with E-state index in [1.807, 2.05) is 49.4 Å². The van der Waals surface area contributed by atoms with Crippen molar-refractivity contribution in [2.24, 2.45) is 0 Å². The maximum absolute atomic E-state index is 14.8. The molecule has 0 aliphatic carbocycles. The van der Waals surface area contributed by atoms with Crippen molar-refractivity contribution >= 4 is 23.5 Å². The van der Waals surface area contributed by atoms with Gasteiger partial charge in [0.15, 0.2) is 0 Å². The largest absolute Gasteiger partial charge is 0.355 e. The first-order chi connectivity index (χ1) is 17.2. The molecule has 2 heteroatoms. The van der Waals surface area contributed by atoms with Crippen LogP contribution in [0.1, 0.15) is 16.7 Å². The lowest BCUT2D eigenvalue weighted by atomic mass is 9.94. The number of hydrogen-bond acceptors (Lipinski definition) is 1. The fourth-order valence-corrected chi connectivity index (χ4v) is 4.74. The third kappa shape index (κ3) is 4.04. The van der Waals surface area contributed by atoms with E-state index in [4.69, 9.17) is 0 Å². The van der Waals surface area contributed by atoms with Gasteiger partial charge in [0, 0.05) is 16.9 Å². The van der Waals surface area contributed by atoms with Gasteiger partial charge in [0.1, 0.15) is 5.82 Å². The molecule has 1 aliphatic heterocycles. The summed E-state index contributed by atoms with van der Waals surface area (Å²) < 4.78 is 14.8. The molecule has 0 saturated carbocycles. The molecule has 5 aromatic carbocycles. The number of hydrogen-bond donors (Lipinski definition) is 1. The highest BCUT2D eigenvalue weighted by Crippen LogP contribution is 2.35. The first-order valence-corrected chi connectivity index (χ1v) is 11.8. The van der Waals surface area contributed by atoms with Gasteiger partial charge in [0.25, 0.3) is 0 Å². The maximum Gasteiger partial charge on any atom is 0.131 e. The monoisotopic (exact) mass is 453 g/mol. The molecule has 5 aromatic rings. The van der Waals surface area contributed by atoms with Crippen LogP contribution in [0.15, 0.2) is 109 Å². The minimum atomic E-state index is -0.203. The Kier molecular flexibility index (Phi) is 5.27. The van der Waals surface area contributed by atoms with Gasteiger partial charge in [-0.1, -0.05) is 84.9 Å². The number of fused-ring (bicyclic) bond motifs is 2. The number of aryl methyl sites for hydroxylation is 1. The fourth-order valence-electron chi connectivity index (χ4n) is 4.74. The molecule has 0 radical (unpaired) electrons. The van der Waals surface area contributed by atoms with Gasteiger partial charge in [-0.15, -0.1) is 0 Å². The number of anilines is 2. The van der Waals surface area contributed by atoms with Crippen molar-refractivity contribution in [1.82, 2.24) is 0 Å². The Labute approximate surface area is 205 Å². The molecular weight excluding hydrogens is 429 g/mol. The standard InChI is InChI=1S/C33H24FN/c1-22-7-2-4-11-29(22)30-21-27(15-17-31(30)34)25-10-6-9-24(19-25)26-16-18-33-28(20-26)14-13-23-8-3-5-12-32(23)35-33/h2-21,35H,1H3. The van der Waals surface area contributed by atoms with E-state index in [1.54, 1.807) is 6.07 Å². The smallest absolute Gasteiger partial charge is 0.131 e. The van der Waals surface area contributed by atoms with Gasteiger partial charge in [0.2, 0.25) is 0 Å². The molecule has 1 nitrogen and oxygen atoms in total. The van der Waals surface area contributed by atoms with Crippen molar-refractivity contribution in [2.45, 2.75) is 6.92 Å². The molecule has 1 aliphatic rings. The lowest BCUT2D eigenvalue weighted by Gasteiger charge is -2.13. The highest BCUT2D eigenvalue weighted by atomic mass is 19.1. The van der Waals surface area contributed by atoms with Gasteiger partial charge < -0.3 is 5.32 Å². The second kappa shape index (κ2) is 8.73. The van der Waals surface area contributed by atoms with E-state index in [1.165, 1.54) is 5.56 Å².